The van der Waals surface area contributed by atoms with Crippen molar-refractivity contribution in [3.63, 3.8) is 0 Å². The number of benzene rings is 3. The number of nitrogens with zero attached hydrogens (tertiary/aromatic N) is 2. The Balaban J connectivity index is 1.53. The number of nitrogens with one attached hydrogen (secondary N) is 1. The van der Waals surface area contributed by atoms with Crippen molar-refractivity contribution >= 4 is 11.0 Å². The van der Waals surface area contributed by atoms with Crippen molar-refractivity contribution in [2.24, 2.45) is 0 Å². The largest absolute Gasteiger partial charge is 0.489 e. The van der Waals surface area contributed by atoms with Crippen LogP contribution in [0.3, 0.4) is 0 Å². The number of imidazole rings is 1. The Morgan fingerprint density at radius 3 is 2.58 bits per heavy atom. The maximum Gasteiger partial charge on any atom is 0.138 e. The van der Waals surface area contributed by atoms with E-state index in [0.717, 1.165) is 39.3 Å². The van der Waals surface area contributed by atoms with Crippen molar-refractivity contribution < 1.29 is 4.74 Å². The summed E-state index contributed by atoms with van der Waals surface area (Å²) in [5, 5.41) is 9.14. The number of rotatable bonds is 4. The minimum Gasteiger partial charge on any atom is -0.489 e. The van der Waals surface area contributed by atoms with Crippen molar-refractivity contribution in [3.8, 4) is 23.2 Å². The smallest absolute Gasteiger partial charge is 0.138 e. The van der Waals surface area contributed by atoms with E-state index in [1.165, 1.54) is 0 Å². The molecule has 0 aliphatic carbocycles. The van der Waals surface area contributed by atoms with Crippen LogP contribution < -0.4 is 4.74 Å². The third-order valence-electron chi connectivity index (χ3n) is 4.37. The minimum absolute atomic E-state index is 0.368. The van der Waals surface area contributed by atoms with Gasteiger partial charge in [-0.1, -0.05) is 30.3 Å². The number of aryl methyl sites for hydroxylation is 1. The molecule has 1 heterocycles. The molecule has 4 nitrogen and oxygen atoms in total. The molecule has 26 heavy (non-hydrogen) atoms. The van der Waals surface area contributed by atoms with Crippen molar-refractivity contribution in [2.75, 3.05) is 0 Å². The predicted molar refractivity (Wildman–Crippen MR) is 102 cm³/mol. The normalized spacial score (nSPS) is 10.6. The van der Waals surface area contributed by atoms with E-state index in [1.807, 2.05) is 54.6 Å². The van der Waals surface area contributed by atoms with E-state index in [9.17, 15) is 0 Å². The van der Waals surface area contributed by atoms with E-state index in [0.29, 0.717) is 12.2 Å². The monoisotopic (exact) mass is 339 g/mol. The number of hydrogen-bond acceptors (Lipinski definition) is 3. The van der Waals surface area contributed by atoms with Gasteiger partial charge >= 0.3 is 0 Å². The lowest BCUT2D eigenvalue weighted by Crippen LogP contribution is -1.98. The van der Waals surface area contributed by atoms with Crippen LogP contribution in [0.15, 0.2) is 66.7 Å². The SMILES string of the molecule is Cc1cccc2[nH]c(-c3ccc(OCc4ccccc4C#N)cc3)nc12. The first-order valence-electron chi connectivity index (χ1n) is 8.41. The van der Waals surface area contributed by atoms with Crippen LogP contribution in [-0.2, 0) is 6.61 Å². The molecule has 0 aliphatic heterocycles. The van der Waals surface area contributed by atoms with Gasteiger partial charge in [-0.3, -0.25) is 0 Å². The van der Waals surface area contributed by atoms with Gasteiger partial charge in [-0.2, -0.15) is 5.26 Å². The first-order chi connectivity index (χ1) is 12.7. The molecule has 4 rings (SSSR count). The molecule has 0 amide bonds. The van der Waals surface area contributed by atoms with Crippen LogP contribution in [0.25, 0.3) is 22.4 Å². The minimum atomic E-state index is 0.368. The molecule has 1 aromatic heterocycles. The van der Waals surface area contributed by atoms with Gasteiger partial charge in [0, 0.05) is 11.1 Å². The molecule has 0 fully saturated rings. The van der Waals surface area contributed by atoms with Gasteiger partial charge in [0.05, 0.1) is 22.7 Å². The molecule has 0 radical (unpaired) electrons. The van der Waals surface area contributed by atoms with E-state index < -0.39 is 0 Å². The summed E-state index contributed by atoms with van der Waals surface area (Å²) in [6.07, 6.45) is 0. The molecule has 4 aromatic rings. The molecule has 0 aliphatic rings. The summed E-state index contributed by atoms with van der Waals surface area (Å²) in [6, 6.07) is 23.6. The highest BCUT2D eigenvalue weighted by molar-refractivity contribution is 5.82. The molecule has 0 unspecified atom stereocenters. The number of aromatic nitrogens is 2. The molecule has 0 atom stereocenters. The van der Waals surface area contributed by atoms with Gasteiger partial charge in [-0.15, -0.1) is 0 Å². The molecule has 126 valence electrons. The summed E-state index contributed by atoms with van der Waals surface area (Å²) in [5.41, 5.74) is 5.71. The second-order valence-corrected chi connectivity index (χ2v) is 6.14. The van der Waals surface area contributed by atoms with Crippen LogP contribution in [-0.4, -0.2) is 9.97 Å². The van der Waals surface area contributed by atoms with Crippen LogP contribution in [0, 0.1) is 18.3 Å². The van der Waals surface area contributed by atoms with Gasteiger partial charge < -0.3 is 9.72 Å². The molecule has 0 spiro atoms. The topological polar surface area (TPSA) is 61.7 Å². The summed E-state index contributed by atoms with van der Waals surface area (Å²) in [7, 11) is 0. The van der Waals surface area contributed by atoms with Gasteiger partial charge in [-0.25, -0.2) is 4.98 Å². The molecule has 0 bridgehead atoms. The number of para-hydroxylation sites is 1. The lowest BCUT2D eigenvalue weighted by molar-refractivity contribution is 0.306. The Labute approximate surface area is 151 Å². The number of fused-ring (bicyclic) bond motifs is 1. The summed E-state index contributed by atoms with van der Waals surface area (Å²) in [6.45, 7) is 2.43. The van der Waals surface area contributed by atoms with Crippen molar-refractivity contribution in [2.45, 2.75) is 13.5 Å². The molecular weight excluding hydrogens is 322 g/mol. The molecule has 4 heteroatoms. The van der Waals surface area contributed by atoms with E-state index in [2.05, 4.69) is 24.0 Å². The molecule has 0 saturated carbocycles. The van der Waals surface area contributed by atoms with Gasteiger partial charge in [-0.05, 0) is 48.9 Å². The van der Waals surface area contributed by atoms with Gasteiger partial charge in [0.15, 0.2) is 0 Å². The summed E-state index contributed by atoms with van der Waals surface area (Å²) in [5.74, 6) is 1.60. The number of aromatic amines is 1. The summed E-state index contributed by atoms with van der Waals surface area (Å²) in [4.78, 5) is 8.05. The van der Waals surface area contributed by atoms with E-state index >= 15 is 0 Å². The molecule has 0 saturated heterocycles. The average molecular weight is 339 g/mol. The highest BCUT2D eigenvalue weighted by atomic mass is 16.5. The maximum absolute atomic E-state index is 9.14. The number of nitriles is 1. The fraction of sp³-hybridized carbons (Fsp3) is 0.0909. The second-order valence-electron chi connectivity index (χ2n) is 6.14. The quantitative estimate of drug-likeness (QED) is 0.570. The van der Waals surface area contributed by atoms with Crippen LogP contribution in [0.2, 0.25) is 0 Å². The first kappa shape index (κ1) is 15.9. The van der Waals surface area contributed by atoms with Gasteiger partial charge in [0.2, 0.25) is 0 Å². The Bertz CT molecular complexity index is 1100. The Morgan fingerprint density at radius 2 is 1.81 bits per heavy atom. The zero-order valence-corrected chi connectivity index (χ0v) is 14.4. The number of H-pyrrole nitrogens is 1. The highest BCUT2D eigenvalue weighted by Gasteiger charge is 2.07. The fourth-order valence-electron chi connectivity index (χ4n) is 2.94. The third-order valence-corrected chi connectivity index (χ3v) is 4.37. The first-order valence-corrected chi connectivity index (χ1v) is 8.41. The zero-order valence-electron chi connectivity index (χ0n) is 14.4. The fourth-order valence-corrected chi connectivity index (χ4v) is 2.94. The van der Waals surface area contributed by atoms with E-state index in [1.54, 1.807) is 6.07 Å². The van der Waals surface area contributed by atoms with Crippen LogP contribution in [0.4, 0.5) is 0 Å². The number of hydrogen-bond donors (Lipinski definition) is 1. The highest BCUT2D eigenvalue weighted by Crippen LogP contribution is 2.24. The zero-order chi connectivity index (χ0) is 17.9. The summed E-state index contributed by atoms with van der Waals surface area (Å²) < 4.78 is 5.82. The Hall–Kier alpha value is -3.58. The van der Waals surface area contributed by atoms with Crippen LogP contribution in [0.1, 0.15) is 16.7 Å². The van der Waals surface area contributed by atoms with Gasteiger partial charge in [0.1, 0.15) is 18.2 Å². The molecule has 3 aromatic carbocycles. The van der Waals surface area contributed by atoms with E-state index in [-0.39, 0.29) is 0 Å². The van der Waals surface area contributed by atoms with Crippen molar-refractivity contribution in [3.05, 3.63) is 83.4 Å². The van der Waals surface area contributed by atoms with E-state index in [4.69, 9.17) is 15.0 Å². The third kappa shape index (κ3) is 3.03. The lowest BCUT2D eigenvalue weighted by Gasteiger charge is -2.08. The molecular formula is C22H17N3O. The standard InChI is InChI=1S/C22H17N3O/c1-15-5-4-8-20-21(15)25-22(24-20)16-9-11-19(12-10-16)26-14-18-7-3-2-6-17(18)13-23/h2-12H,14H2,1H3,(H,24,25). The Kier molecular flexibility index (Phi) is 4.12. The maximum atomic E-state index is 9.14. The van der Waals surface area contributed by atoms with Crippen molar-refractivity contribution in [1.82, 2.24) is 9.97 Å². The average Bonchev–Trinajstić information content (AvgIpc) is 3.13. The molecule has 1 N–H and O–H groups in total. The van der Waals surface area contributed by atoms with Crippen LogP contribution in [0.5, 0.6) is 5.75 Å². The lowest BCUT2D eigenvalue weighted by atomic mass is 10.1. The Morgan fingerprint density at radius 1 is 1.00 bits per heavy atom. The second kappa shape index (κ2) is 6.73. The van der Waals surface area contributed by atoms with Gasteiger partial charge in [0.25, 0.3) is 0 Å². The summed E-state index contributed by atoms with van der Waals surface area (Å²) >= 11 is 0. The number of ether oxygens (including phenoxy) is 1. The van der Waals surface area contributed by atoms with Crippen molar-refractivity contribution in [1.29, 1.82) is 5.26 Å². The van der Waals surface area contributed by atoms with Crippen LogP contribution >= 0.6 is 0 Å². The predicted octanol–water partition coefficient (Wildman–Crippen LogP) is 4.99.